The molecular formula is C20H23N3S. The van der Waals surface area contributed by atoms with Crippen LogP contribution in [-0.4, -0.2) is 28.0 Å². The van der Waals surface area contributed by atoms with Crippen LogP contribution in [0.15, 0.2) is 36.7 Å². The maximum atomic E-state index is 4.42. The van der Waals surface area contributed by atoms with Gasteiger partial charge in [-0.2, -0.15) is 0 Å². The van der Waals surface area contributed by atoms with Crippen molar-refractivity contribution in [1.82, 2.24) is 14.9 Å². The van der Waals surface area contributed by atoms with Crippen molar-refractivity contribution in [3.05, 3.63) is 52.0 Å². The summed E-state index contributed by atoms with van der Waals surface area (Å²) in [4.78, 5) is 13.5. The average molecular weight is 337 g/mol. The second kappa shape index (κ2) is 6.01. The molecule has 1 saturated heterocycles. The highest BCUT2D eigenvalue weighted by molar-refractivity contribution is 7.12. The van der Waals surface area contributed by atoms with Crippen molar-refractivity contribution >= 4 is 22.4 Å². The van der Waals surface area contributed by atoms with E-state index in [1.165, 1.54) is 49.7 Å². The molecule has 24 heavy (non-hydrogen) atoms. The molecule has 2 aliphatic rings. The van der Waals surface area contributed by atoms with Gasteiger partial charge in [0.15, 0.2) is 0 Å². The van der Waals surface area contributed by atoms with E-state index in [2.05, 4.69) is 39.1 Å². The molecule has 0 radical (unpaired) electrons. The van der Waals surface area contributed by atoms with Crippen molar-refractivity contribution in [2.45, 2.75) is 44.1 Å². The fourth-order valence-electron chi connectivity index (χ4n) is 4.03. The number of thiophene rings is 1. The molecule has 3 aromatic heterocycles. The fraction of sp³-hybridized carbons (Fsp3) is 0.450. The number of fused-ring (bicyclic) bond motifs is 1. The Morgan fingerprint density at radius 2 is 1.92 bits per heavy atom. The molecule has 3 nitrogen and oxygen atoms in total. The zero-order chi connectivity index (χ0) is 15.9. The van der Waals surface area contributed by atoms with Gasteiger partial charge in [0.05, 0.1) is 0 Å². The second-order valence-electron chi connectivity index (χ2n) is 7.27. The minimum atomic E-state index is 0.674. The topological polar surface area (TPSA) is 31.9 Å². The van der Waals surface area contributed by atoms with Crippen LogP contribution in [-0.2, 0) is 6.54 Å². The van der Waals surface area contributed by atoms with Crippen LogP contribution in [0.25, 0.3) is 11.0 Å². The van der Waals surface area contributed by atoms with Crippen LogP contribution in [0.2, 0.25) is 0 Å². The number of aromatic amines is 1. The number of pyridine rings is 1. The first kappa shape index (κ1) is 14.7. The first-order chi connectivity index (χ1) is 11.9. The summed E-state index contributed by atoms with van der Waals surface area (Å²) >= 11 is 2.04. The van der Waals surface area contributed by atoms with Gasteiger partial charge in [0.1, 0.15) is 5.65 Å². The molecule has 0 aromatic carbocycles. The van der Waals surface area contributed by atoms with Crippen molar-refractivity contribution in [2.24, 2.45) is 0 Å². The van der Waals surface area contributed by atoms with E-state index in [4.69, 9.17) is 0 Å². The summed E-state index contributed by atoms with van der Waals surface area (Å²) in [5.41, 5.74) is 2.51. The smallest absolute Gasteiger partial charge is 0.137 e. The Labute approximate surface area is 146 Å². The van der Waals surface area contributed by atoms with E-state index in [0.717, 1.165) is 18.1 Å². The monoisotopic (exact) mass is 337 g/mol. The standard InChI is InChI=1S/C20H23N3S/c1-2-15(1)19-4-3-16(24-19)13-23-11-7-14(8-12-23)17-5-9-21-20-18(17)6-10-22-20/h3-6,9-10,14-15H,1-2,7-8,11-13H2,(H,21,22). The van der Waals surface area contributed by atoms with Crippen LogP contribution in [0.5, 0.6) is 0 Å². The lowest BCUT2D eigenvalue weighted by Crippen LogP contribution is -2.32. The number of nitrogens with zero attached hydrogens (tertiary/aromatic N) is 2. The molecule has 5 rings (SSSR count). The Balaban J connectivity index is 1.24. The third-order valence-corrected chi connectivity index (χ3v) is 6.80. The SMILES string of the molecule is c1cc(C2CCN(Cc3ccc(C4CC4)s3)CC2)c2cc[nH]c2n1. The highest BCUT2D eigenvalue weighted by atomic mass is 32.1. The molecule has 0 spiro atoms. The molecule has 0 amide bonds. The zero-order valence-corrected chi connectivity index (χ0v) is 14.7. The number of aromatic nitrogens is 2. The van der Waals surface area contributed by atoms with Crippen LogP contribution >= 0.6 is 11.3 Å². The third kappa shape index (κ3) is 2.78. The third-order valence-electron chi connectivity index (χ3n) is 5.56. The normalized spacial score (nSPS) is 20.0. The van der Waals surface area contributed by atoms with Crippen molar-refractivity contribution in [2.75, 3.05) is 13.1 Å². The van der Waals surface area contributed by atoms with Crippen LogP contribution in [0, 0.1) is 0 Å². The summed E-state index contributed by atoms with van der Waals surface area (Å²) in [6, 6.07) is 9.12. The number of piperidine rings is 1. The van der Waals surface area contributed by atoms with Crippen LogP contribution in [0.1, 0.15) is 52.8 Å². The number of rotatable bonds is 4. The summed E-state index contributed by atoms with van der Waals surface area (Å²) in [5, 5.41) is 1.31. The molecule has 0 bridgehead atoms. The van der Waals surface area contributed by atoms with Gasteiger partial charge in [0.25, 0.3) is 0 Å². The van der Waals surface area contributed by atoms with E-state index in [1.807, 2.05) is 23.7 Å². The Morgan fingerprint density at radius 3 is 2.75 bits per heavy atom. The van der Waals surface area contributed by atoms with Crippen LogP contribution in [0.4, 0.5) is 0 Å². The lowest BCUT2D eigenvalue weighted by molar-refractivity contribution is 0.206. The molecule has 4 heteroatoms. The molecule has 124 valence electrons. The summed E-state index contributed by atoms with van der Waals surface area (Å²) in [5.74, 6) is 1.57. The maximum absolute atomic E-state index is 4.42. The molecule has 4 heterocycles. The summed E-state index contributed by atoms with van der Waals surface area (Å²) in [6.45, 7) is 3.55. The molecule has 1 aliphatic carbocycles. The predicted octanol–water partition coefficient (Wildman–Crippen LogP) is 4.88. The minimum absolute atomic E-state index is 0.674. The van der Waals surface area contributed by atoms with Crippen LogP contribution in [0.3, 0.4) is 0 Å². The molecule has 3 aromatic rings. The summed E-state index contributed by atoms with van der Waals surface area (Å²) < 4.78 is 0. The molecule has 2 fully saturated rings. The minimum Gasteiger partial charge on any atom is -0.346 e. The van der Waals surface area contributed by atoms with Gasteiger partial charge in [0.2, 0.25) is 0 Å². The van der Waals surface area contributed by atoms with Gasteiger partial charge in [-0.1, -0.05) is 0 Å². The van der Waals surface area contributed by atoms with E-state index in [9.17, 15) is 0 Å². The van der Waals surface area contributed by atoms with Gasteiger partial charge >= 0.3 is 0 Å². The second-order valence-corrected chi connectivity index (χ2v) is 8.47. The average Bonchev–Trinajstić information content (AvgIpc) is 3.17. The molecule has 1 N–H and O–H groups in total. The first-order valence-electron chi connectivity index (χ1n) is 9.10. The molecule has 0 unspecified atom stereocenters. The van der Waals surface area contributed by atoms with Crippen molar-refractivity contribution in [3.8, 4) is 0 Å². The zero-order valence-electron chi connectivity index (χ0n) is 13.9. The summed E-state index contributed by atoms with van der Waals surface area (Å²) in [6.07, 6.45) is 9.28. The largest absolute Gasteiger partial charge is 0.346 e. The van der Waals surface area contributed by atoms with E-state index >= 15 is 0 Å². The van der Waals surface area contributed by atoms with Gasteiger partial charge < -0.3 is 4.98 Å². The molecular weight excluding hydrogens is 314 g/mol. The Hall–Kier alpha value is -1.65. The maximum Gasteiger partial charge on any atom is 0.137 e. The number of hydrogen-bond donors (Lipinski definition) is 1. The van der Waals surface area contributed by atoms with Gasteiger partial charge in [-0.15, -0.1) is 11.3 Å². The number of hydrogen-bond acceptors (Lipinski definition) is 3. The van der Waals surface area contributed by atoms with E-state index in [-0.39, 0.29) is 0 Å². The Morgan fingerprint density at radius 1 is 1.04 bits per heavy atom. The lowest BCUT2D eigenvalue weighted by atomic mass is 9.88. The van der Waals surface area contributed by atoms with E-state index in [1.54, 1.807) is 9.75 Å². The number of H-pyrrole nitrogens is 1. The van der Waals surface area contributed by atoms with Crippen molar-refractivity contribution in [3.63, 3.8) is 0 Å². The van der Waals surface area contributed by atoms with Gasteiger partial charge in [-0.25, -0.2) is 4.98 Å². The number of likely N-dealkylation sites (tertiary alicyclic amines) is 1. The Bertz CT molecular complexity index is 837. The van der Waals surface area contributed by atoms with E-state index < -0.39 is 0 Å². The van der Waals surface area contributed by atoms with Gasteiger partial charge in [0, 0.05) is 34.1 Å². The lowest BCUT2D eigenvalue weighted by Gasteiger charge is -2.32. The molecule has 0 atom stereocenters. The van der Waals surface area contributed by atoms with E-state index in [0.29, 0.717) is 5.92 Å². The summed E-state index contributed by atoms with van der Waals surface area (Å²) in [7, 11) is 0. The first-order valence-corrected chi connectivity index (χ1v) is 9.91. The predicted molar refractivity (Wildman–Crippen MR) is 99.6 cm³/mol. The number of nitrogens with one attached hydrogen (secondary N) is 1. The van der Waals surface area contributed by atoms with Gasteiger partial charge in [-0.3, -0.25) is 4.90 Å². The molecule has 1 aliphatic heterocycles. The van der Waals surface area contributed by atoms with Crippen LogP contribution < -0.4 is 0 Å². The van der Waals surface area contributed by atoms with Crippen molar-refractivity contribution < 1.29 is 0 Å². The highest BCUT2D eigenvalue weighted by Crippen LogP contribution is 2.43. The fourth-order valence-corrected chi connectivity index (χ4v) is 5.25. The van der Waals surface area contributed by atoms with Gasteiger partial charge in [-0.05, 0) is 80.4 Å². The quantitative estimate of drug-likeness (QED) is 0.735. The highest BCUT2D eigenvalue weighted by Gasteiger charge is 2.26. The molecule has 1 saturated carbocycles. The van der Waals surface area contributed by atoms with Crippen molar-refractivity contribution in [1.29, 1.82) is 0 Å². The Kier molecular flexibility index (Phi) is 3.68.